The van der Waals surface area contributed by atoms with Gasteiger partial charge in [0.2, 0.25) is 10.0 Å². The lowest BCUT2D eigenvalue weighted by Gasteiger charge is -2.10. The number of aromatic nitrogens is 1. The molecule has 0 fully saturated rings. The molecule has 0 aliphatic carbocycles. The summed E-state index contributed by atoms with van der Waals surface area (Å²) in [5.74, 6) is 0.561. The minimum Gasteiger partial charge on any atom is -0.332 e. The maximum absolute atomic E-state index is 11.3. The lowest BCUT2D eigenvalue weighted by atomic mass is 9.99. The highest BCUT2D eigenvalue weighted by Gasteiger charge is 2.07. The number of sulfonamides is 1. The van der Waals surface area contributed by atoms with E-state index in [4.69, 9.17) is 0 Å². The van der Waals surface area contributed by atoms with Crippen molar-refractivity contribution in [2.45, 2.75) is 26.2 Å². The summed E-state index contributed by atoms with van der Waals surface area (Å²) < 4.78 is 25.0. The van der Waals surface area contributed by atoms with E-state index in [1.54, 1.807) is 12.1 Å². The third-order valence-corrected chi connectivity index (χ3v) is 5.70. The van der Waals surface area contributed by atoms with Gasteiger partial charge in [-0.3, -0.25) is 4.72 Å². The maximum atomic E-state index is 11.3. The highest BCUT2D eigenvalue weighted by molar-refractivity contribution is 7.92. The van der Waals surface area contributed by atoms with Gasteiger partial charge in [-0.2, -0.15) is 0 Å². The number of nitrogens with zero attached hydrogens (tertiary/aromatic N) is 1. The molecule has 2 aromatic carbocycles. The van der Waals surface area contributed by atoms with Crippen molar-refractivity contribution >= 4 is 37.9 Å². The van der Waals surface area contributed by atoms with Crippen LogP contribution in [0.15, 0.2) is 53.9 Å². The minimum atomic E-state index is -3.27. The first-order chi connectivity index (χ1) is 12.8. The van der Waals surface area contributed by atoms with Crippen LogP contribution in [0.1, 0.15) is 31.7 Å². The van der Waals surface area contributed by atoms with E-state index in [2.05, 4.69) is 53.1 Å². The molecule has 1 aromatic heterocycles. The van der Waals surface area contributed by atoms with Gasteiger partial charge < -0.3 is 5.32 Å². The summed E-state index contributed by atoms with van der Waals surface area (Å²) in [6.45, 7) is 4.42. The van der Waals surface area contributed by atoms with E-state index in [1.165, 1.54) is 16.9 Å². The molecule has 0 saturated heterocycles. The Morgan fingerprint density at radius 3 is 2.26 bits per heavy atom. The molecule has 7 heteroatoms. The second-order valence-electron chi connectivity index (χ2n) is 6.55. The predicted molar refractivity (Wildman–Crippen MR) is 114 cm³/mol. The van der Waals surface area contributed by atoms with Crippen molar-refractivity contribution in [3.05, 3.63) is 59.5 Å². The third-order valence-electron chi connectivity index (χ3n) is 4.33. The number of thiazole rings is 1. The largest absolute Gasteiger partial charge is 0.332 e. The number of hydrogen-bond donors (Lipinski definition) is 2. The zero-order chi connectivity index (χ0) is 19.4. The zero-order valence-corrected chi connectivity index (χ0v) is 17.2. The minimum absolute atomic E-state index is 0.538. The van der Waals surface area contributed by atoms with E-state index < -0.39 is 10.0 Å². The topological polar surface area (TPSA) is 71.1 Å². The van der Waals surface area contributed by atoms with Crippen LogP contribution in [0.4, 0.5) is 16.5 Å². The van der Waals surface area contributed by atoms with E-state index in [0.717, 1.165) is 34.8 Å². The van der Waals surface area contributed by atoms with Crippen molar-refractivity contribution in [2.75, 3.05) is 16.3 Å². The molecule has 1 heterocycles. The van der Waals surface area contributed by atoms with Crippen LogP contribution in [0.3, 0.4) is 0 Å². The Bertz CT molecular complexity index is 994. The highest BCUT2D eigenvalue weighted by atomic mass is 32.2. The molecule has 0 aliphatic rings. The molecule has 0 aliphatic heterocycles. The van der Waals surface area contributed by atoms with E-state index in [-0.39, 0.29) is 0 Å². The Balaban J connectivity index is 1.69. The van der Waals surface area contributed by atoms with E-state index in [0.29, 0.717) is 11.6 Å². The van der Waals surface area contributed by atoms with Crippen molar-refractivity contribution in [3.8, 4) is 11.3 Å². The molecule has 1 unspecified atom stereocenters. The number of rotatable bonds is 7. The van der Waals surface area contributed by atoms with E-state index >= 15 is 0 Å². The van der Waals surface area contributed by atoms with Gasteiger partial charge in [-0.15, -0.1) is 11.3 Å². The van der Waals surface area contributed by atoms with Crippen molar-refractivity contribution in [3.63, 3.8) is 0 Å². The number of hydrogen-bond acceptors (Lipinski definition) is 5. The Kier molecular flexibility index (Phi) is 5.82. The van der Waals surface area contributed by atoms with Gasteiger partial charge in [-0.1, -0.05) is 38.1 Å². The van der Waals surface area contributed by atoms with Crippen LogP contribution >= 0.6 is 11.3 Å². The van der Waals surface area contributed by atoms with Crippen LogP contribution in [0.25, 0.3) is 11.3 Å². The van der Waals surface area contributed by atoms with Gasteiger partial charge in [-0.05, 0) is 42.2 Å². The van der Waals surface area contributed by atoms with Crippen LogP contribution in [-0.4, -0.2) is 19.7 Å². The number of nitrogens with one attached hydrogen (secondary N) is 2. The quantitative estimate of drug-likeness (QED) is 0.553. The Labute approximate surface area is 164 Å². The van der Waals surface area contributed by atoms with Crippen LogP contribution in [0.5, 0.6) is 0 Å². The second-order valence-corrected chi connectivity index (χ2v) is 9.15. The first-order valence-electron chi connectivity index (χ1n) is 8.75. The molecular weight excluding hydrogens is 378 g/mol. The van der Waals surface area contributed by atoms with Gasteiger partial charge in [0, 0.05) is 22.3 Å². The normalized spacial score (nSPS) is 12.6. The van der Waals surface area contributed by atoms with Gasteiger partial charge in [-0.25, -0.2) is 13.4 Å². The number of anilines is 3. The predicted octanol–water partition coefficient (Wildman–Crippen LogP) is 5.44. The monoisotopic (exact) mass is 401 g/mol. The van der Waals surface area contributed by atoms with Gasteiger partial charge in [0.15, 0.2) is 5.13 Å². The average molecular weight is 402 g/mol. The molecule has 2 N–H and O–H groups in total. The van der Waals surface area contributed by atoms with Crippen LogP contribution < -0.4 is 10.0 Å². The number of benzene rings is 2. The Hall–Kier alpha value is -2.38. The summed E-state index contributed by atoms with van der Waals surface area (Å²) in [5, 5.41) is 6.14. The molecule has 27 heavy (non-hydrogen) atoms. The first-order valence-corrected chi connectivity index (χ1v) is 11.5. The van der Waals surface area contributed by atoms with Crippen LogP contribution in [0, 0.1) is 0 Å². The molecule has 0 amide bonds. The fourth-order valence-corrected chi connectivity index (χ4v) is 3.95. The zero-order valence-electron chi connectivity index (χ0n) is 15.6. The van der Waals surface area contributed by atoms with Crippen LogP contribution in [0.2, 0.25) is 0 Å². The summed E-state index contributed by atoms with van der Waals surface area (Å²) in [6, 6.07) is 15.6. The third kappa shape index (κ3) is 5.30. The van der Waals surface area contributed by atoms with E-state index in [9.17, 15) is 8.42 Å². The molecule has 5 nitrogen and oxygen atoms in total. The molecule has 0 saturated carbocycles. The molecule has 0 spiro atoms. The lowest BCUT2D eigenvalue weighted by Crippen LogP contribution is -2.09. The first kappa shape index (κ1) is 19.4. The summed E-state index contributed by atoms with van der Waals surface area (Å²) in [6.07, 6.45) is 2.26. The molecule has 3 aromatic rings. The van der Waals surface area contributed by atoms with Crippen LogP contribution in [-0.2, 0) is 10.0 Å². The second kappa shape index (κ2) is 8.10. The average Bonchev–Trinajstić information content (AvgIpc) is 3.09. The summed E-state index contributed by atoms with van der Waals surface area (Å²) >= 11 is 1.53. The SMILES string of the molecule is CCC(C)c1ccc(Nc2nc(-c3ccc(NS(C)(=O)=O)cc3)cs2)cc1. The lowest BCUT2D eigenvalue weighted by molar-refractivity contribution is 0.607. The molecular formula is C20H23N3O2S2. The standard InChI is InChI=1S/C20H23N3O2S2/c1-4-14(2)15-5-9-17(10-6-15)21-20-22-19(13-26-20)16-7-11-18(12-8-16)23-27(3,24)25/h5-14,23H,4H2,1-3H3,(H,21,22). The van der Waals surface area contributed by atoms with Gasteiger partial charge in [0.05, 0.1) is 11.9 Å². The van der Waals surface area contributed by atoms with Gasteiger partial charge >= 0.3 is 0 Å². The van der Waals surface area contributed by atoms with E-state index in [1.807, 2.05) is 17.5 Å². The summed E-state index contributed by atoms with van der Waals surface area (Å²) in [4.78, 5) is 4.62. The van der Waals surface area contributed by atoms with Crippen molar-refractivity contribution in [1.82, 2.24) is 4.98 Å². The highest BCUT2D eigenvalue weighted by Crippen LogP contribution is 2.29. The molecule has 0 radical (unpaired) electrons. The molecule has 1 atom stereocenters. The smallest absolute Gasteiger partial charge is 0.229 e. The molecule has 0 bridgehead atoms. The fourth-order valence-electron chi connectivity index (χ4n) is 2.64. The molecule has 3 rings (SSSR count). The van der Waals surface area contributed by atoms with Crippen molar-refractivity contribution in [1.29, 1.82) is 0 Å². The summed E-state index contributed by atoms with van der Waals surface area (Å²) in [5.41, 5.74) is 4.67. The maximum Gasteiger partial charge on any atom is 0.229 e. The van der Waals surface area contributed by atoms with Crippen molar-refractivity contribution in [2.24, 2.45) is 0 Å². The Morgan fingerprint density at radius 2 is 1.67 bits per heavy atom. The van der Waals surface area contributed by atoms with Gasteiger partial charge in [0.1, 0.15) is 0 Å². The molecule has 142 valence electrons. The summed E-state index contributed by atoms with van der Waals surface area (Å²) in [7, 11) is -3.27. The Morgan fingerprint density at radius 1 is 1.04 bits per heavy atom. The fraction of sp³-hybridized carbons (Fsp3) is 0.250. The van der Waals surface area contributed by atoms with Crippen molar-refractivity contribution < 1.29 is 8.42 Å². The van der Waals surface area contributed by atoms with Gasteiger partial charge in [0.25, 0.3) is 0 Å².